The fraction of sp³-hybridized carbons (Fsp3) is 0.650. The number of amides is 2. The summed E-state index contributed by atoms with van der Waals surface area (Å²) in [6.07, 6.45) is 6.25. The van der Waals surface area contributed by atoms with E-state index in [1.165, 1.54) is 6.26 Å². The van der Waals surface area contributed by atoms with Crippen LogP contribution in [-0.2, 0) is 4.79 Å². The van der Waals surface area contributed by atoms with Gasteiger partial charge in [-0.3, -0.25) is 14.6 Å². The maximum absolute atomic E-state index is 12.6. The third-order valence-electron chi connectivity index (χ3n) is 5.24. The Bertz CT molecular complexity index is 696. The van der Waals surface area contributed by atoms with Crippen molar-refractivity contribution >= 4 is 41.8 Å². The molecule has 0 unspecified atom stereocenters. The lowest BCUT2D eigenvalue weighted by Gasteiger charge is -2.31. The number of carbonyl (C=O) groups is 2. The number of rotatable bonds is 8. The Morgan fingerprint density at radius 2 is 1.83 bits per heavy atom. The Morgan fingerprint density at radius 1 is 1.17 bits per heavy atom. The minimum Gasteiger partial charge on any atom is -0.459 e. The highest BCUT2D eigenvalue weighted by Gasteiger charge is 2.42. The van der Waals surface area contributed by atoms with Crippen molar-refractivity contribution in [1.82, 2.24) is 20.9 Å². The van der Waals surface area contributed by atoms with Crippen molar-refractivity contribution in [2.45, 2.75) is 39.0 Å². The van der Waals surface area contributed by atoms with Crippen LogP contribution < -0.4 is 16.0 Å². The zero-order valence-electron chi connectivity index (χ0n) is 17.8. The van der Waals surface area contributed by atoms with Gasteiger partial charge in [-0.1, -0.05) is 12.8 Å². The third kappa shape index (κ3) is 6.90. The molecule has 2 amide bonds. The smallest absolute Gasteiger partial charge is 0.287 e. The predicted octanol–water partition coefficient (Wildman–Crippen LogP) is 2.14. The van der Waals surface area contributed by atoms with E-state index in [0.29, 0.717) is 31.4 Å². The second kappa shape index (κ2) is 12.0. The Labute approximate surface area is 190 Å². The second-order valence-corrected chi connectivity index (χ2v) is 7.58. The van der Waals surface area contributed by atoms with Gasteiger partial charge in [0.05, 0.1) is 11.7 Å². The normalized spacial score (nSPS) is 15.4. The van der Waals surface area contributed by atoms with Gasteiger partial charge < -0.3 is 25.3 Å². The average Bonchev–Trinajstić information content (AvgIpc) is 3.32. The molecule has 2 rings (SSSR count). The number of carbonyl (C=O) groups excluding carboxylic acids is 2. The van der Waals surface area contributed by atoms with E-state index in [-0.39, 0.29) is 41.2 Å². The lowest BCUT2D eigenvalue weighted by atomic mass is 9.84. The van der Waals surface area contributed by atoms with Crippen LogP contribution in [0.15, 0.2) is 21.7 Å². The van der Waals surface area contributed by atoms with Crippen LogP contribution in [0.2, 0.25) is 0 Å². The standard InChI is InChI=1S/C20H33N5O3.HI/c1-15-8-13-28-16(15)17(26)22-11-7-12-23-19(21-2)24-14-20(9-5-6-10-20)18(27)25(3)4;/h8,13H,5-7,9-12,14H2,1-4H3,(H,22,26)(H2,21,23,24);1H. The van der Waals surface area contributed by atoms with E-state index < -0.39 is 0 Å². The van der Waals surface area contributed by atoms with E-state index in [4.69, 9.17) is 4.42 Å². The number of nitrogens with one attached hydrogen (secondary N) is 3. The molecule has 8 nitrogen and oxygen atoms in total. The summed E-state index contributed by atoms with van der Waals surface area (Å²) in [4.78, 5) is 30.5. The average molecular weight is 519 g/mol. The van der Waals surface area contributed by atoms with E-state index in [1.54, 1.807) is 18.0 Å². The van der Waals surface area contributed by atoms with Crippen LogP contribution in [0.25, 0.3) is 0 Å². The molecule has 1 saturated carbocycles. The van der Waals surface area contributed by atoms with Gasteiger partial charge in [-0.25, -0.2) is 0 Å². The lowest BCUT2D eigenvalue weighted by molar-refractivity contribution is -0.138. The van der Waals surface area contributed by atoms with Gasteiger partial charge >= 0.3 is 0 Å². The number of aryl methyl sites for hydroxylation is 1. The molecule has 1 aromatic heterocycles. The van der Waals surface area contributed by atoms with Gasteiger partial charge in [0, 0.05) is 46.3 Å². The van der Waals surface area contributed by atoms with Crippen molar-refractivity contribution in [2.24, 2.45) is 10.4 Å². The molecule has 1 fully saturated rings. The molecule has 0 bridgehead atoms. The van der Waals surface area contributed by atoms with Crippen LogP contribution >= 0.6 is 24.0 Å². The van der Waals surface area contributed by atoms with Crippen LogP contribution in [-0.4, -0.2) is 63.5 Å². The summed E-state index contributed by atoms with van der Waals surface area (Å²) in [6, 6.07) is 1.77. The Kier molecular flexibility index (Phi) is 10.5. The molecule has 9 heteroatoms. The molecule has 1 aromatic rings. The summed E-state index contributed by atoms with van der Waals surface area (Å²) < 4.78 is 5.18. The first-order chi connectivity index (χ1) is 13.4. The fourth-order valence-electron chi connectivity index (χ4n) is 3.65. The number of hydrogen-bond acceptors (Lipinski definition) is 4. The number of nitrogens with zero attached hydrogens (tertiary/aromatic N) is 2. The van der Waals surface area contributed by atoms with Gasteiger partial charge in [-0.05, 0) is 32.3 Å². The van der Waals surface area contributed by atoms with E-state index >= 15 is 0 Å². The Morgan fingerprint density at radius 3 is 2.38 bits per heavy atom. The third-order valence-corrected chi connectivity index (χ3v) is 5.24. The van der Waals surface area contributed by atoms with Crippen LogP contribution in [0.5, 0.6) is 0 Å². The van der Waals surface area contributed by atoms with Crippen LogP contribution in [0.4, 0.5) is 0 Å². The maximum atomic E-state index is 12.6. The molecule has 0 radical (unpaired) electrons. The monoisotopic (exact) mass is 519 g/mol. The summed E-state index contributed by atoms with van der Waals surface area (Å²) >= 11 is 0. The summed E-state index contributed by atoms with van der Waals surface area (Å²) in [5, 5.41) is 9.39. The van der Waals surface area contributed by atoms with E-state index in [9.17, 15) is 9.59 Å². The summed E-state index contributed by atoms with van der Waals surface area (Å²) in [7, 11) is 5.34. The number of halogens is 1. The lowest BCUT2D eigenvalue weighted by Crippen LogP contribution is -2.49. The van der Waals surface area contributed by atoms with Crippen LogP contribution in [0.3, 0.4) is 0 Å². The number of hydrogen-bond donors (Lipinski definition) is 3. The molecule has 164 valence electrons. The van der Waals surface area contributed by atoms with Gasteiger partial charge in [0.15, 0.2) is 11.7 Å². The van der Waals surface area contributed by atoms with Crippen molar-refractivity contribution in [3.63, 3.8) is 0 Å². The highest BCUT2D eigenvalue weighted by molar-refractivity contribution is 14.0. The fourth-order valence-corrected chi connectivity index (χ4v) is 3.65. The first-order valence-electron chi connectivity index (χ1n) is 9.88. The molecule has 3 N–H and O–H groups in total. The minimum absolute atomic E-state index is 0. The molecule has 1 aliphatic rings. The molecule has 0 atom stereocenters. The van der Waals surface area contributed by atoms with Crippen molar-refractivity contribution in [1.29, 1.82) is 0 Å². The van der Waals surface area contributed by atoms with Crippen LogP contribution in [0.1, 0.15) is 48.2 Å². The first-order valence-corrected chi connectivity index (χ1v) is 9.88. The molecule has 29 heavy (non-hydrogen) atoms. The van der Waals surface area contributed by atoms with Gasteiger partial charge in [0.1, 0.15) is 0 Å². The quantitative estimate of drug-likeness (QED) is 0.212. The number of aliphatic imine (C=N–C) groups is 1. The second-order valence-electron chi connectivity index (χ2n) is 7.58. The first kappa shape index (κ1) is 25.3. The number of guanidine groups is 1. The molecule has 0 aromatic carbocycles. The molecule has 0 spiro atoms. The predicted molar refractivity (Wildman–Crippen MR) is 125 cm³/mol. The van der Waals surface area contributed by atoms with Crippen molar-refractivity contribution in [3.05, 3.63) is 23.7 Å². The van der Waals surface area contributed by atoms with E-state index in [2.05, 4.69) is 20.9 Å². The van der Waals surface area contributed by atoms with Gasteiger partial charge in [0.2, 0.25) is 5.91 Å². The molecular formula is C20H34IN5O3. The van der Waals surface area contributed by atoms with Gasteiger partial charge in [0.25, 0.3) is 5.91 Å². The highest BCUT2D eigenvalue weighted by Crippen LogP contribution is 2.38. The Balaban J connectivity index is 0.00000420. The molecule has 1 aliphatic carbocycles. The van der Waals surface area contributed by atoms with Crippen molar-refractivity contribution < 1.29 is 14.0 Å². The zero-order valence-corrected chi connectivity index (χ0v) is 20.2. The molecule has 1 heterocycles. The topological polar surface area (TPSA) is 99.0 Å². The summed E-state index contributed by atoms with van der Waals surface area (Å²) in [5.74, 6) is 1.02. The molecular weight excluding hydrogens is 485 g/mol. The minimum atomic E-state index is -0.337. The van der Waals surface area contributed by atoms with E-state index in [1.807, 2.05) is 21.0 Å². The van der Waals surface area contributed by atoms with Gasteiger partial charge in [-0.15, -0.1) is 24.0 Å². The van der Waals surface area contributed by atoms with Crippen molar-refractivity contribution in [2.75, 3.05) is 40.8 Å². The van der Waals surface area contributed by atoms with Crippen LogP contribution in [0, 0.1) is 12.3 Å². The van der Waals surface area contributed by atoms with Gasteiger partial charge in [-0.2, -0.15) is 0 Å². The SMILES string of the molecule is CN=C(NCCCNC(=O)c1occc1C)NCC1(C(=O)N(C)C)CCCC1.I. The zero-order chi connectivity index (χ0) is 20.6. The molecule has 0 aliphatic heterocycles. The maximum Gasteiger partial charge on any atom is 0.287 e. The number of furan rings is 1. The highest BCUT2D eigenvalue weighted by atomic mass is 127. The summed E-state index contributed by atoms with van der Waals surface area (Å²) in [5.41, 5.74) is 0.490. The largest absolute Gasteiger partial charge is 0.459 e. The van der Waals surface area contributed by atoms with Crippen molar-refractivity contribution in [3.8, 4) is 0 Å². The van der Waals surface area contributed by atoms with E-state index in [0.717, 1.165) is 37.7 Å². The summed E-state index contributed by atoms with van der Waals surface area (Å²) in [6.45, 7) is 3.61. The Hall–Kier alpha value is -1.78. The molecule has 0 saturated heterocycles.